The van der Waals surface area contributed by atoms with Gasteiger partial charge in [-0.05, 0) is 79.9 Å². The molecule has 0 fully saturated rings. The first kappa shape index (κ1) is 16.9. The van der Waals surface area contributed by atoms with Crippen LogP contribution in [-0.4, -0.2) is 26.8 Å². The van der Waals surface area contributed by atoms with E-state index >= 15 is 0 Å². The van der Waals surface area contributed by atoms with Gasteiger partial charge in [0.15, 0.2) is 0 Å². The van der Waals surface area contributed by atoms with Crippen LogP contribution >= 0.6 is 67.8 Å². The molecule has 21 heavy (non-hydrogen) atoms. The Morgan fingerprint density at radius 2 is 2.00 bits per heavy atom. The van der Waals surface area contributed by atoms with Crippen molar-refractivity contribution in [2.45, 2.75) is 6.54 Å². The summed E-state index contributed by atoms with van der Waals surface area (Å²) in [6.45, 7) is -0.242. The number of rotatable bonds is 4. The average Bonchev–Trinajstić information content (AvgIpc) is 2.80. The van der Waals surface area contributed by atoms with E-state index in [4.69, 9.17) is 5.11 Å². The number of hydrogen-bond acceptors (Lipinski definition) is 3. The number of nitrogens with zero attached hydrogens (tertiary/aromatic N) is 2. The maximum atomic E-state index is 12.3. The Labute approximate surface area is 161 Å². The summed E-state index contributed by atoms with van der Waals surface area (Å²) in [5.74, 6) is -1.23. The number of carboxylic acids is 1. The number of amides is 1. The lowest BCUT2D eigenvalue weighted by Crippen LogP contribution is -2.14. The van der Waals surface area contributed by atoms with Crippen LogP contribution in [0.3, 0.4) is 0 Å². The van der Waals surface area contributed by atoms with Crippen LogP contribution in [0.2, 0.25) is 0 Å². The number of carbonyl (C=O) groups excluding carboxylic acids is 1. The van der Waals surface area contributed by atoms with E-state index in [-0.39, 0.29) is 12.5 Å². The van der Waals surface area contributed by atoms with Gasteiger partial charge in [-0.1, -0.05) is 0 Å². The van der Waals surface area contributed by atoms with Crippen molar-refractivity contribution in [2.75, 3.05) is 5.32 Å². The Morgan fingerprint density at radius 3 is 2.67 bits per heavy atom. The normalized spacial score (nSPS) is 10.4. The second kappa shape index (κ2) is 7.21. The van der Waals surface area contributed by atoms with Crippen molar-refractivity contribution in [1.29, 1.82) is 0 Å². The van der Waals surface area contributed by atoms with Crippen LogP contribution in [0.4, 0.5) is 5.69 Å². The third kappa shape index (κ3) is 4.51. The van der Waals surface area contributed by atoms with Crippen LogP contribution < -0.4 is 5.32 Å². The molecule has 2 N–H and O–H groups in total. The standard InChI is InChI=1S/C12H8I3N3O3/c13-6-1-8(11(15)9(14)2-6)12(21)17-7-3-16-18(4-7)5-10(19)20/h1-4H,5H2,(H,17,21)(H,19,20). The fourth-order valence-electron chi connectivity index (χ4n) is 1.57. The lowest BCUT2D eigenvalue weighted by Gasteiger charge is -2.07. The second-order valence-electron chi connectivity index (χ2n) is 4.02. The Morgan fingerprint density at radius 1 is 1.29 bits per heavy atom. The highest BCUT2D eigenvalue weighted by Gasteiger charge is 2.14. The monoisotopic (exact) mass is 623 g/mol. The molecule has 0 radical (unpaired) electrons. The van der Waals surface area contributed by atoms with Crippen molar-refractivity contribution in [3.8, 4) is 0 Å². The molecule has 0 atom stereocenters. The van der Waals surface area contributed by atoms with Crippen LogP contribution in [0.25, 0.3) is 0 Å². The number of nitrogens with one attached hydrogen (secondary N) is 1. The van der Waals surface area contributed by atoms with Crippen molar-refractivity contribution in [3.05, 3.63) is 40.8 Å². The highest BCUT2D eigenvalue weighted by atomic mass is 127. The number of aliphatic carboxylic acids is 1. The van der Waals surface area contributed by atoms with Gasteiger partial charge in [0.05, 0.1) is 17.4 Å². The van der Waals surface area contributed by atoms with Gasteiger partial charge in [-0.2, -0.15) is 5.10 Å². The second-order valence-corrected chi connectivity index (χ2v) is 7.51. The minimum atomic E-state index is -0.988. The number of benzene rings is 1. The third-order valence-electron chi connectivity index (χ3n) is 2.43. The zero-order valence-corrected chi connectivity index (χ0v) is 16.8. The van der Waals surface area contributed by atoms with E-state index in [0.29, 0.717) is 11.3 Å². The van der Waals surface area contributed by atoms with E-state index in [9.17, 15) is 9.59 Å². The zero-order valence-electron chi connectivity index (χ0n) is 10.3. The molecule has 1 amide bonds. The van der Waals surface area contributed by atoms with E-state index in [1.807, 2.05) is 12.1 Å². The number of anilines is 1. The number of carbonyl (C=O) groups is 2. The number of hydrogen-bond donors (Lipinski definition) is 2. The molecule has 1 aromatic heterocycles. The fourth-order valence-corrected chi connectivity index (χ4v) is 3.97. The first-order chi connectivity index (χ1) is 9.86. The summed E-state index contributed by atoms with van der Waals surface area (Å²) in [6, 6.07) is 3.80. The van der Waals surface area contributed by atoms with Crippen molar-refractivity contribution >= 4 is 85.3 Å². The largest absolute Gasteiger partial charge is 0.480 e. The molecule has 0 aliphatic heterocycles. The summed E-state index contributed by atoms with van der Waals surface area (Å²) in [7, 11) is 0. The van der Waals surface area contributed by atoms with Crippen LogP contribution in [0, 0.1) is 10.7 Å². The number of halogens is 3. The van der Waals surface area contributed by atoms with Crippen LogP contribution in [-0.2, 0) is 11.3 Å². The quantitative estimate of drug-likeness (QED) is 0.406. The van der Waals surface area contributed by atoms with Crippen LogP contribution in [0.1, 0.15) is 10.4 Å². The van der Waals surface area contributed by atoms with Gasteiger partial charge in [0.25, 0.3) is 5.91 Å². The van der Waals surface area contributed by atoms with Gasteiger partial charge in [-0.3, -0.25) is 14.3 Å². The summed E-state index contributed by atoms with van der Waals surface area (Å²) in [5.41, 5.74) is 1.05. The lowest BCUT2D eigenvalue weighted by molar-refractivity contribution is -0.137. The van der Waals surface area contributed by atoms with Crippen molar-refractivity contribution in [3.63, 3.8) is 0 Å². The molecule has 0 aliphatic carbocycles. The van der Waals surface area contributed by atoms with Crippen LogP contribution in [0.5, 0.6) is 0 Å². The minimum absolute atomic E-state index is 0.242. The molecule has 2 rings (SSSR count). The van der Waals surface area contributed by atoms with Gasteiger partial charge in [0, 0.05) is 16.9 Å². The van der Waals surface area contributed by atoms with Gasteiger partial charge >= 0.3 is 5.97 Å². The first-order valence-electron chi connectivity index (χ1n) is 5.57. The summed E-state index contributed by atoms with van der Waals surface area (Å²) >= 11 is 6.47. The van der Waals surface area contributed by atoms with Gasteiger partial charge in [-0.15, -0.1) is 0 Å². The molecule has 1 aromatic carbocycles. The highest BCUT2D eigenvalue weighted by molar-refractivity contribution is 14.1. The predicted molar refractivity (Wildman–Crippen MR) is 102 cm³/mol. The smallest absolute Gasteiger partial charge is 0.325 e. The topological polar surface area (TPSA) is 84.2 Å². The van der Waals surface area contributed by atoms with Crippen molar-refractivity contribution < 1.29 is 14.7 Å². The highest BCUT2D eigenvalue weighted by Crippen LogP contribution is 2.23. The third-order valence-corrected chi connectivity index (χ3v) is 6.09. The molecule has 0 unspecified atom stereocenters. The molecule has 6 nitrogen and oxygen atoms in total. The van der Waals surface area contributed by atoms with E-state index in [0.717, 1.165) is 10.7 Å². The Kier molecular flexibility index (Phi) is 5.81. The van der Waals surface area contributed by atoms with Gasteiger partial charge in [0.2, 0.25) is 0 Å². The molecule has 9 heteroatoms. The van der Waals surface area contributed by atoms with Crippen molar-refractivity contribution in [2.24, 2.45) is 0 Å². The average molecular weight is 623 g/mol. The summed E-state index contributed by atoms with van der Waals surface area (Å²) in [5, 5.41) is 15.3. The predicted octanol–water partition coefficient (Wildman–Crippen LogP) is 3.03. The molecule has 110 valence electrons. The molecule has 0 bridgehead atoms. The van der Waals surface area contributed by atoms with E-state index in [1.54, 1.807) is 0 Å². The van der Waals surface area contributed by atoms with Crippen LogP contribution in [0.15, 0.2) is 24.5 Å². The van der Waals surface area contributed by atoms with Crippen molar-refractivity contribution in [1.82, 2.24) is 9.78 Å². The SMILES string of the molecule is O=C(O)Cn1cc(NC(=O)c2cc(I)cc(I)c2I)cn1. The molecule has 2 aromatic rings. The summed E-state index contributed by atoms with van der Waals surface area (Å²) in [6.07, 6.45) is 2.91. The molecule has 1 heterocycles. The van der Waals surface area contributed by atoms with Gasteiger partial charge in [-0.25, -0.2) is 0 Å². The number of aromatic nitrogens is 2. The zero-order chi connectivity index (χ0) is 15.6. The van der Waals surface area contributed by atoms with E-state index in [1.165, 1.54) is 17.1 Å². The Balaban J connectivity index is 2.18. The summed E-state index contributed by atoms with van der Waals surface area (Å²) in [4.78, 5) is 22.9. The first-order valence-corrected chi connectivity index (χ1v) is 8.80. The Hall–Kier alpha value is -0.440. The minimum Gasteiger partial charge on any atom is -0.480 e. The maximum Gasteiger partial charge on any atom is 0.325 e. The lowest BCUT2D eigenvalue weighted by atomic mass is 10.2. The molecule has 0 aliphatic rings. The Bertz CT molecular complexity index is 715. The number of carboxylic acid groups (broad SMARTS) is 1. The maximum absolute atomic E-state index is 12.3. The van der Waals surface area contributed by atoms with Gasteiger partial charge < -0.3 is 10.4 Å². The summed E-state index contributed by atoms with van der Waals surface area (Å²) < 4.78 is 4.11. The molecular weight excluding hydrogens is 615 g/mol. The molecule has 0 spiro atoms. The fraction of sp³-hybridized carbons (Fsp3) is 0.0833. The molecule has 0 saturated heterocycles. The van der Waals surface area contributed by atoms with Gasteiger partial charge in [0.1, 0.15) is 6.54 Å². The molecular formula is C12H8I3N3O3. The van der Waals surface area contributed by atoms with E-state index < -0.39 is 5.97 Å². The van der Waals surface area contributed by atoms with E-state index in [2.05, 4.69) is 78.2 Å². The molecule has 0 saturated carbocycles.